The number of amides is 1. The van der Waals surface area contributed by atoms with Crippen LogP contribution < -0.4 is 19.7 Å². The minimum Gasteiger partial charge on any atom is -0.485 e. The second-order valence-electron chi connectivity index (χ2n) is 5.03. The van der Waals surface area contributed by atoms with Crippen LogP contribution in [-0.2, 0) is 14.8 Å². The summed E-state index contributed by atoms with van der Waals surface area (Å²) in [6.45, 7) is -0.0443. The molecule has 7 nitrogen and oxygen atoms in total. The highest BCUT2D eigenvalue weighted by Crippen LogP contribution is 2.30. The van der Waals surface area contributed by atoms with Gasteiger partial charge in [-0.15, -0.1) is 4.83 Å². The predicted molar refractivity (Wildman–Crippen MR) is 91.3 cm³/mol. The zero-order chi connectivity index (χ0) is 18.0. The molecule has 0 fully saturated rings. The molecule has 0 radical (unpaired) electrons. The Kier molecular flexibility index (Phi) is 5.05. The van der Waals surface area contributed by atoms with Crippen molar-refractivity contribution in [2.24, 2.45) is 0 Å². The number of rotatable bonds is 4. The van der Waals surface area contributed by atoms with Crippen LogP contribution in [0.3, 0.4) is 0 Å². The van der Waals surface area contributed by atoms with Crippen LogP contribution in [0.2, 0.25) is 10.0 Å². The molecule has 0 spiro atoms. The summed E-state index contributed by atoms with van der Waals surface area (Å²) >= 11 is 11.6. The molecule has 0 bridgehead atoms. The number of carbonyl (C=O) groups excluding carboxylic acids is 1. The molecule has 10 heteroatoms. The standard InChI is InChI=1S/C15H12Cl2N2O5S/c16-10-6-5-9(7-11(10)17)25(21,22)19-18-15(20)14-8-23-12-3-1-2-4-13(12)24-14/h1-7,14,19H,8H2,(H,18,20)/t14-/m1/s1. The largest absolute Gasteiger partial charge is 0.485 e. The molecule has 0 aromatic heterocycles. The molecule has 25 heavy (non-hydrogen) atoms. The van der Waals surface area contributed by atoms with E-state index in [1.54, 1.807) is 24.3 Å². The maximum Gasteiger partial charge on any atom is 0.279 e. The van der Waals surface area contributed by atoms with E-state index in [-0.39, 0.29) is 21.5 Å². The quantitative estimate of drug-likeness (QED) is 0.764. The van der Waals surface area contributed by atoms with Crippen molar-refractivity contribution >= 4 is 39.1 Å². The number of para-hydroxylation sites is 2. The molecule has 0 saturated heterocycles. The van der Waals surface area contributed by atoms with Gasteiger partial charge in [-0.3, -0.25) is 10.2 Å². The van der Waals surface area contributed by atoms with Gasteiger partial charge in [0.25, 0.3) is 15.9 Å². The van der Waals surface area contributed by atoms with Crippen molar-refractivity contribution in [3.63, 3.8) is 0 Å². The number of nitrogens with one attached hydrogen (secondary N) is 2. The van der Waals surface area contributed by atoms with Crippen molar-refractivity contribution in [3.8, 4) is 11.5 Å². The number of halogens is 2. The molecule has 3 rings (SSSR count). The van der Waals surface area contributed by atoms with Crippen molar-refractivity contribution in [2.45, 2.75) is 11.0 Å². The number of hydrazine groups is 1. The SMILES string of the molecule is O=C(NNS(=O)(=O)c1ccc(Cl)c(Cl)c1)[C@H]1COc2ccccc2O1. The summed E-state index contributed by atoms with van der Waals surface area (Å²) in [6, 6.07) is 10.6. The van der Waals surface area contributed by atoms with Gasteiger partial charge in [0.05, 0.1) is 14.9 Å². The van der Waals surface area contributed by atoms with E-state index in [2.05, 4.69) is 5.43 Å². The molecule has 1 heterocycles. The summed E-state index contributed by atoms with van der Waals surface area (Å²) in [6.07, 6.45) is -0.994. The third-order valence-electron chi connectivity index (χ3n) is 3.31. The molecule has 2 aromatic rings. The number of benzene rings is 2. The van der Waals surface area contributed by atoms with Crippen LogP contribution in [0.4, 0.5) is 0 Å². The number of ether oxygens (including phenoxy) is 2. The van der Waals surface area contributed by atoms with Crippen molar-refractivity contribution in [3.05, 3.63) is 52.5 Å². The normalized spacial score (nSPS) is 16.3. The average molecular weight is 403 g/mol. The van der Waals surface area contributed by atoms with Crippen LogP contribution in [0.5, 0.6) is 11.5 Å². The van der Waals surface area contributed by atoms with E-state index >= 15 is 0 Å². The van der Waals surface area contributed by atoms with E-state index in [1.165, 1.54) is 18.2 Å². The van der Waals surface area contributed by atoms with Gasteiger partial charge in [0.2, 0.25) is 6.10 Å². The summed E-state index contributed by atoms with van der Waals surface area (Å²) in [7, 11) is -4.02. The Bertz CT molecular complexity index is 920. The van der Waals surface area contributed by atoms with Crippen LogP contribution in [0.25, 0.3) is 0 Å². The smallest absolute Gasteiger partial charge is 0.279 e. The molecule has 1 amide bonds. The molecule has 0 saturated carbocycles. The Morgan fingerprint density at radius 2 is 1.80 bits per heavy atom. The molecule has 1 aliphatic heterocycles. The van der Waals surface area contributed by atoms with Gasteiger partial charge in [-0.1, -0.05) is 35.3 Å². The fourth-order valence-corrected chi connectivity index (χ4v) is 3.29. The van der Waals surface area contributed by atoms with Gasteiger partial charge in [-0.05, 0) is 30.3 Å². The monoisotopic (exact) mass is 402 g/mol. The third kappa shape index (κ3) is 3.98. The third-order valence-corrected chi connectivity index (χ3v) is 5.30. The summed E-state index contributed by atoms with van der Waals surface area (Å²) in [5.41, 5.74) is 2.10. The second kappa shape index (κ2) is 7.09. The zero-order valence-corrected chi connectivity index (χ0v) is 14.9. The maximum atomic E-state index is 12.2. The van der Waals surface area contributed by atoms with E-state index in [9.17, 15) is 13.2 Å². The van der Waals surface area contributed by atoms with Crippen LogP contribution in [-0.4, -0.2) is 27.0 Å². The Morgan fingerprint density at radius 1 is 1.08 bits per heavy atom. The first-order valence-electron chi connectivity index (χ1n) is 7.02. The molecule has 132 valence electrons. The highest BCUT2D eigenvalue weighted by atomic mass is 35.5. The lowest BCUT2D eigenvalue weighted by molar-refractivity contribution is -0.130. The molecule has 0 unspecified atom stereocenters. The highest BCUT2D eigenvalue weighted by molar-refractivity contribution is 7.89. The molecule has 1 atom stereocenters. The Balaban J connectivity index is 1.65. The zero-order valence-electron chi connectivity index (χ0n) is 12.5. The lowest BCUT2D eigenvalue weighted by atomic mass is 10.2. The van der Waals surface area contributed by atoms with Crippen molar-refractivity contribution in [1.29, 1.82) is 0 Å². The number of hydrogen-bond acceptors (Lipinski definition) is 5. The maximum absolute atomic E-state index is 12.2. The average Bonchev–Trinajstić information content (AvgIpc) is 2.61. The number of hydrogen-bond donors (Lipinski definition) is 2. The van der Waals surface area contributed by atoms with Crippen LogP contribution >= 0.6 is 23.2 Å². The highest BCUT2D eigenvalue weighted by Gasteiger charge is 2.28. The van der Waals surface area contributed by atoms with Gasteiger partial charge in [-0.25, -0.2) is 8.42 Å². The Labute approximate surface area is 153 Å². The molecular weight excluding hydrogens is 391 g/mol. The first-order valence-corrected chi connectivity index (χ1v) is 9.26. The number of carbonyl (C=O) groups is 1. The Morgan fingerprint density at radius 3 is 2.52 bits per heavy atom. The minimum absolute atomic E-state index is 0.0443. The van der Waals surface area contributed by atoms with Crippen LogP contribution in [0, 0.1) is 0 Å². The summed E-state index contributed by atoms with van der Waals surface area (Å²) in [5, 5.41) is 0.299. The van der Waals surface area contributed by atoms with Crippen molar-refractivity contribution in [1.82, 2.24) is 10.3 Å². The first kappa shape index (κ1) is 17.8. The van der Waals surface area contributed by atoms with Gasteiger partial charge in [-0.2, -0.15) is 0 Å². The van der Waals surface area contributed by atoms with Crippen molar-refractivity contribution in [2.75, 3.05) is 6.61 Å². The first-order chi connectivity index (χ1) is 11.9. The molecule has 1 aliphatic rings. The summed E-state index contributed by atoms with van der Waals surface area (Å²) in [4.78, 5) is 14.0. The van der Waals surface area contributed by atoms with E-state index in [0.717, 1.165) is 0 Å². The van der Waals surface area contributed by atoms with Crippen molar-refractivity contribution < 1.29 is 22.7 Å². The molecule has 2 N–H and O–H groups in total. The summed E-state index contributed by atoms with van der Waals surface area (Å²) < 4.78 is 35.3. The van der Waals surface area contributed by atoms with E-state index in [1.807, 2.05) is 4.83 Å². The van der Waals surface area contributed by atoms with Gasteiger partial charge in [0.15, 0.2) is 11.5 Å². The molecular formula is C15H12Cl2N2O5S. The van der Waals surface area contributed by atoms with E-state index in [0.29, 0.717) is 11.5 Å². The van der Waals surface area contributed by atoms with Crippen LogP contribution in [0.15, 0.2) is 47.4 Å². The van der Waals surface area contributed by atoms with E-state index < -0.39 is 22.0 Å². The van der Waals surface area contributed by atoms with Gasteiger partial charge in [0, 0.05) is 0 Å². The number of fused-ring (bicyclic) bond motifs is 1. The fourth-order valence-electron chi connectivity index (χ4n) is 2.05. The lowest BCUT2D eigenvalue weighted by Crippen LogP contribution is -2.50. The summed E-state index contributed by atoms with van der Waals surface area (Å²) in [5.74, 6) is 0.224. The van der Waals surface area contributed by atoms with Gasteiger partial charge >= 0.3 is 0 Å². The lowest BCUT2D eigenvalue weighted by Gasteiger charge is -2.25. The Hall–Kier alpha value is -2.00. The second-order valence-corrected chi connectivity index (χ2v) is 7.53. The number of sulfonamides is 1. The predicted octanol–water partition coefficient (Wildman–Crippen LogP) is 2.14. The topological polar surface area (TPSA) is 93.7 Å². The molecule has 2 aromatic carbocycles. The molecule has 0 aliphatic carbocycles. The van der Waals surface area contributed by atoms with E-state index in [4.69, 9.17) is 32.7 Å². The van der Waals surface area contributed by atoms with Gasteiger partial charge < -0.3 is 9.47 Å². The minimum atomic E-state index is -4.02. The van der Waals surface area contributed by atoms with Gasteiger partial charge in [0.1, 0.15) is 6.61 Å². The fraction of sp³-hybridized carbons (Fsp3) is 0.133. The van der Waals surface area contributed by atoms with Crippen LogP contribution in [0.1, 0.15) is 0 Å².